The number of rotatable bonds is 1. The molecule has 0 spiro atoms. The summed E-state index contributed by atoms with van der Waals surface area (Å²) in [5.41, 5.74) is 5.84. The van der Waals surface area contributed by atoms with Crippen molar-refractivity contribution in [3.63, 3.8) is 0 Å². The minimum Gasteiger partial charge on any atom is -0.336 e. The van der Waals surface area contributed by atoms with Crippen LogP contribution in [0.15, 0.2) is 30.5 Å². The smallest absolute Gasteiger partial charge is 0.154 e. The van der Waals surface area contributed by atoms with Gasteiger partial charge >= 0.3 is 0 Å². The molecule has 0 saturated heterocycles. The molecule has 0 aliphatic rings. The zero-order valence-electron chi connectivity index (χ0n) is 10.8. The van der Waals surface area contributed by atoms with Crippen molar-refractivity contribution in [2.45, 2.75) is 20.8 Å². The predicted octanol–water partition coefficient (Wildman–Crippen LogP) is 2.44. The van der Waals surface area contributed by atoms with Crippen molar-refractivity contribution in [2.24, 2.45) is 0 Å². The Morgan fingerprint density at radius 1 is 1.00 bits per heavy atom. The summed E-state index contributed by atoms with van der Waals surface area (Å²) in [4.78, 5) is 0. The Bertz CT molecular complexity index is 734. The van der Waals surface area contributed by atoms with Crippen molar-refractivity contribution >= 4 is 5.65 Å². The van der Waals surface area contributed by atoms with E-state index in [2.05, 4.69) is 43.2 Å². The molecule has 0 bridgehead atoms. The van der Waals surface area contributed by atoms with Gasteiger partial charge < -0.3 is 5.84 Å². The van der Waals surface area contributed by atoms with Crippen LogP contribution in [0.25, 0.3) is 16.8 Å². The van der Waals surface area contributed by atoms with Crippen LogP contribution in [0.4, 0.5) is 0 Å². The fraction of sp³-hybridized carbons (Fsp3) is 0.214. The van der Waals surface area contributed by atoms with Gasteiger partial charge in [0.2, 0.25) is 0 Å². The van der Waals surface area contributed by atoms with Gasteiger partial charge in [-0.1, -0.05) is 18.2 Å². The van der Waals surface area contributed by atoms with E-state index in [1.54, 1.807) is 4.68 Å². The van der Waals surface area contributed by atoms with Crippen molar-refractivity contribution in [3.05, 3.63) is 47.4 Å². The lowest BCUT2D eigenvalue weighted by atomic mass is 10.0. The fourth-order valence-electron chi connectivity index (χ4n) is 2.15. The first kappa shape index (κ1) is 10.9. The highest BCUT2D eigenvalue weighted by Gasteiger charge is 2.09. The molecular weight excluding hydrogens is 224 g/mol. The summed E-state index contributed by atoms with van der Waals surface area (Å²) in [6.45, 7) is 6.14. The molecule has 0 saturated carbocycles. The van der Waals surface area contributed by atoms with Crippen LogP contribution >= 0.6 is 0 Å². The summed E-state index contributed by atoms with van der Waals surface area (Å²) < 4.78 is 3.42. The monoisotopic (exact) mass is 240 g/mol. The van der Waals surface area contributed by atoms with Crippen molar-refractivity contribution in [1.82, 2.24) is 14.3 Å². The highest BCUT2D eigenvalue weighted by Crippen LogP contribution is 2.24. The second-order valence-electron chi connectivity index (χ2n) is 4.75. The van der Waals surface area contributed by atoms with Gasteiger partial charge in [0.05, 0.1) is 0 Å². The molecule has 1 aromatic carbocycles. The normalized spacial score (nSPS) is 11.3. The molecule has 2 heterocycles. The third-order valence-corrected chi connectivity index (χ3v) is 3.47. The van der Waals surface area contributed by atoms with Gasteiger partial charge in [-0.05, 0) is 43.5 Å². The molecule has 0 aliphatic carbocycles. The first-order valence-electron chi connectivity index (χ1n) is 5.96. The summed E-state index contributed by atoms with van der Waals surface area (Å²) in [5.74, 6) is 6.72. The third-order valence-electron chi connectivity index (χ3n) is 3.47. The van der Waals surface area contributed by atoms with E-state index in [0.29, 0.717) is 0 Å². The fourth-order valence-corrected chi connectivity index (χ4v) is 2.15. The van der Waals surface area contributed by atoms with Crippen molar-refractivity contribution in [3.8, 4) is 11.1 Å². The lowest BCUT2D eigenvalue weighted by Crippen LogP contribution is -2.09. The summed E-state index contributed by atoms with van der Waals surface area (Å²) in [7, 11) is 0. The lowest BCUT2D eigenvalue weighted by Gasteiger charge is -2.02. The number of hydrogen-bond donors (Lipinski definition) is 1. The van der Waals surface area contributed by atoms with Crippen molar-refractivity contribution < 1.29 is 0 Å². The second kappa shape index (κ2) is 3.63. The molecule has 4 heteroatoms. The SMILES string of the molecule is Cc1ccc(-c2cc3n(N)c(C)nn3c2)cc1C. The van der Waals surface area contributed by atoms with Crippen LogP contribution in [0, 0.1) is 20.8 Å². The van der Waals surface area contributed by atoms with Crippen LogP contribution in [-0.2, 0) is 0 Å². The largest absolute Gasteiger partial charge is 0.336 e. The maximum atomic E-state index is 5.92. The Labute approximate surface area is 106 Å². The minimum atomic E-state index is 0.802. The van der Waals surface area contributed by atoms with Crippen LogP contribution in [0.3, 0.4) is 0 Å². The third kappa shape index (κ3) is 1.49. The van der Waals surface area contributed by atoms with E-state index in [-0.39, 0.29) is 0 Å². The first-order chi connectivity index (χ1) is 8.56. The first-order valence-corrected chi connectivity index (χ1v) is 5.96. The number of fused-ring (bicyclic) bond motifs is 1. The van der Waals surface area contributed by atoms with Gasteiger partial charge in [0, 0.05) is 11.8 Å². The molecule has 0 aliphatic heterocycles. The molecule has 18 heavy (non-hydrogen) atoms. The molecule has 0 atom stereocenters. The molecular formula is C14H16N4. The molecule has 0 radical (unpaired) electrons. The topological polar surface area (TPSA) is 48.2 Å². The summed E-state index contributed by atoms with van der Waals surface area (Å²) in [6.07, 6.45) is 2.01. The molecule has 2 N–H and O–H groups in total. The van der Waals surface area contributed by atoms with Gasteiger partial charge in [0.25, 0.3) is 0 Å². The number of nitrogens with zero attached hydrogens (tertiary/aromatic N) is 3. The predicted molar refractivity (Wildman–Crippen MR) is 73.0 cm³/mol. The average molecular weight is 240 g/mol. The van der Waals surface area contributed by atoms with Gasteiger partial charge in [0.1, 0.15) is 5.82 Å². The molecule has 4 nitrogen and oxygen atoms in total. The number of hydrogen-bond acceptors (Lipinski definition) is 2. The standard InChI is InChI=1S/C14H16N4/c1-9-4-5-12(6-10(9)2)13-7-14-17(8-13)16-11(3)18(14)15/h4-8H,15H2,1-3H3. The Hall–Kier alpha value is -2.23. The Kier molecular flexibility index (Phi) is 2.20. The molecule has 3 aromatic rings. The molecule has 92 valence electrons. The summed E-state index contributed by atoms with van der Waals surface area (Å²) >= 11 is 0. The summed E-state index contributed by atoms with van der Waals surface area (Å²) in [6, 6.07) is 8.52. The minimum absolute atomic E-state index is 0.802. The quantitative estimate of drug-likeness (QED) is 0.664. The Balaban J connectivity index is 2.16. The average Bonchev–Trinajstić information content (AvgIpc) is 2.85. The van der Waals surface area contributed by atoms with Gasteiger partial charge in [-0.3, -0.25) is 0 Å². The molecule has 0 unspecified atom stereocenters. The van der Waals surface area contributed by atoms with Crippen molar-refractivity contribution in [2.75, 3.05) is 5.84 Å². The highest BCUT2D eigenvalue weighted by molar-refractivity contribution is 5.69. The van der Waals surface area contributed by atoms with Crippen LogP contribution < -0.4 is 5.84 Å². The Morgan fingerprint density at radius 2 is 1.78 bits per heavy atom. The van der Waals surface area contributed by atoms with Crippen LogP contribution in [0.1, 0.15) is 17.0 Å². The second-order valence-corrected chi connectivity index (χ2v) is 4.75. The molecule has 0 amide bonds. The number of benzene rings is 1. The van der Waals surface area contributed by atoms with E-state index in [1.807, 2.05) is 17.6 Å². The number of nitrogen functional groups attached to an aromatic ring is 1. The highest BCUT2D eigenvalue weighted by atomic mass is 15.4. The zero-order valence-corrected chi connectivity index (χ0v) is 10.8. The van der Waals surface area contributed by atoms with E-state index in [4.69, 9.17) is 5.84 Å². The van der Waals surface area contributed by atoms with Gasteiger partial charge in [0.15, 0.2) is 5.65 Å². The number of nitrogens with two attached hydrogens (primary N) is 1. The van der Waals surface area contributed by atoms with Gasteiger partial charge in [-0.15, -0.1) is 0 Å². The van der Waals surface area contributed by atoms with Gasteiger partial charge in [-0.25, -0.2) is 9.19 Å². The Morgan fingerprint density at radius 3 is 2.44 bits per heavy atom. The maximum Gasteiger partial charge on any atom is 0.154 e. The van der Waals surface area contributed by atoms with Crippen molar-refractivity contribution in [1.29, 1.82) is 0 Å². The van der Waals surface area contributed by atoms with Gasteiger partial charge in [-0.2, -0.15) is 5.10 Å². The molecule has 0 fully saturated rings. The molecule has 2 aromatic heterocycles. The van der Waals surface area contributed by atoms with E-state index < -0.39 is 0 Å². The van der Waals surface area contributed by atoms with Crippen LogP contribution in [0.5, 0.6) is 0 Å². The van der Waals surface area contributed by atoms with E-state index in [1.165, 1.54) is 16.7 Å². The van der Waals surface area contributed by atoms with E-state index in [9.17, 15) is 0 Å². The summed E-state index contributed by atoms with van der Waals surface area (Å²) in [5, 5.41) is 4.35. The molecule has 3 rings (SSSR count). The maximum absolute atomic E-state index is 5.92. The number of aryl methyl sites for hydroxylation is 3. The number of aromatic nitrogens is 3. The van der Waals surface area contributed by atoms with E-state index >= 15 is 0 Å². The lowest BCUT2D eigenvalue weighted by molar-refractivity contribution is 0.911. The van der Waals surface area contributed by atoms with E-state index in [0.717, 1.165) is 17.0 Å². The van der Waals surface area contributed by atoms with Crippen LogP contribution in [-0.4, -0.2) is 14.3 Å². The van der Waals surface area contributed by atoms with Crippen LogP contribution in [0.2, 0.25) is 0 Å². The zero-order chi connectivity index (χ0) is 12.9.